The van der Waals surface area contributed by atoms with Gasteiger partial charge in [-0.3, -0.25) is 9.59 Å². The monoisotopic (exact) mass is 426 g/mol. The van der Waals surface area contributed by atoms with Gasteiger partial charge in [0.05, 0.1) is 9.88 Å². The third-order valence-electron chi connectivity index (χ3n) is 5.93. The Bertz CT molecular complexity index is 943. The van der Waals surface area contributed by atoms with Gasteiger partial charge in [0, 0.05) is 43.5 Å². The summed E-state index contributed by atoms with van der Waals surface area (Å²) in [5.74, 6) is 0.0819. The molecule has 2 aromatic rings. The van der Waals surface area contributed by atoms with Gasteiger partial charge in [0.2, 0.25) is 5.91 Å². The lowest BCUT2D eigenvalue weighted by Gasteiger charge is -2.36. The van der Waals surface area contributed by atoms with Gasteiger partial charge in [0.15, 0.2) is 0 Å². The number of nitrogens with one attached hydrogen (secondary N) is 2. The fourth-order valence-corrected chi connectivity index (χ4v) is 4.89. The number of piperazine rings is 1. The molecule has 0 spiro atoms. The molecule has 1 aliphatic carbocycles. The second kappa shape index (κ2) is 8.78. The van der Waals surface area contributed by atoms with Gasteiger partial charge in [-0.05, 0) is 68.6 Å². The van der Waals surface area contributed by atoms with Crippen molar-refractivity contribution in [1.82, 2.24) is 4.90 Å². The molecule has 0 atom stereocenters. The van der Waals surface area contributed by atoms with Crippen LogP contribution < -0.4 is 15.5 Å². The summed E-state index contributed by atoms with van der Waals surface area (Å²) in [6, 6.07) is 8.00. The molecule has 0 unspecified atom stereocenters. The van der Waals surface area contributed by atoms with Crippen molar-refractivity contribution in [2.75, 3.05) is 48.3 Å². The van der Waals surface area contributed by atoms with E-state index in [0.29, 0.717) is 4.88 Å². The average molecular weight is 427 g/mol. The highest BCUT2D eigenvalue weighted by Crippen LogP contribution is 2.33. The van der Waals surface area contributed by atoms with Gasteiger partial charge in [-0.1, -0.05) is 6.92 Å². The zero-order valence-electron chi connectivity index (χ0n) is 18.0. The van der Waals surface area contributed by atoms with Crippen LogP contribution in [0.1, 0.15) is 40.6 Å². The molecular formula is C23H30N4O2S. The number of amides is 2. The average Bonchev–Trinajstić information content (AvgIpc) is 3.52. The van der Waals surface area contributed by atoms with Crippen LogP contribution in [0.25, 0.3) is 0 Å². The molecule has 2 N–H and O–H groups in total. The van der Waals surface area contributed by atoms with E-state index >= 15 is 0 Å². The summed E-state index contributed by atoms with van der Waals surface area (Å²) in [5, 5.41) is 6.70. The van der Waals surface area contributed by atoms with E-state index in [0.717, 1.165) is 67.4 Å². The molecule has 1 aromatic carbocycles. The van der Waals surface area contributed by atoms with Crippen molar-refractivity contribution >= 4 is 39.5 Å². The molecule has 0 radical (unpaired) electrons. The molecule has 4 rings (SSSR count). The lowest BCUT2D eigenvalue weighted by atomic mass is 10.1. The Morgan fingerprint density at radius 2 is 1.77 bits per heavy atom. The van der Waals surface area contributed by atoms with E-state index in [-0.39, 0.29) is 17.7 Å². The maximum absolute atomic E-state index is 12.8. The Morgan fingerprint density at radius 3 is 2.40 bits per heavy atom. The number of hydrogen-bond acceptors (Lipinski definition) is 5. The summed E-state index contributed by atoms with van der Waals surface area (Å²) in [6.07, 6.45) is 1.93. The molecule has 2 fully saturated rings. The highest BCUT2D eigenvalue weighted by Gasteiger charge is 2.30. The normalized spacial score (nSPS) is 17.1. The number of hydrogen-bond donors (Lipinski definition) is 2. The second-order valence-corrected chi connectivity index (χ2v) is 9.32. The van der Waals surface area contributed by atoms with Gasteiger partial charge in [-0.15, -0.1) is 11.3 Å². The number of thiophene rings is 1. The predicted octanol–water partition coefficient (Wildman–Crippen LogP) is 4.11. The van der Waals surface area contributed by atoms with E-state index in [1.807, 2.05) is 25.1 Å². The standard InChI is InChI=1S/C23H30N4O2S/c1-4-26-9-11-27(12-10-26)19-8-7-18(13-15(19)2)24-23(29)21-16(3)14-20(30-21)25-22(28)17-5-6-17/h7-8,13-14,17H,4-6,9-12H2,1-3H3,(H,24,29)(H,25,28). The number of carbonyl (C=O) groups is 2. The molecule has 7 heteroatoms. The van der Waals surface area contributed by atoms with Crippen LogP contribution in [0.5, 0.6) is 0 Å². The molecule has 160 valence electrons. The van der Waals surface area contributed by atoms with Crippen LogP contribution in [0.3, 0.4) is 0 Å². The van der Waals surface area contributed by atoms with Crippen molar-refractivity contribution in [3.05, 3.63) is 40.3 Å². The second-order valence-electron chi connectivity index (χ2n) is 8.26. The molecule has 2 aliphatic rings. The van der Waals surface area contributed by atoms with Crippen LogP contribution in [0.2, 0.25) is 0 Å². The number of benzene rings is 1. The summed E-state index contributed by atoms with van der Waals surface area (Å²) < 4.78 is 0. The third kappa shape index (κ3) is 4.68. The molecule has 6 nitrogen and oxygen atoms in total. The minimum absolute atomic E-state index is 0.0641. The van der Waals surface area contributed by atoms with Crippen molar-refractivity contribution in [2.24, 2.45) is 5.92 Å². The molecule has 1 aromatic heterocycles. The number of likely N-dealkylation sites (N-methyl/N-ethyl adjacent to an activating group) is 1. The summed E-state index contributed by atoms with van der Waals surface area (Å²) in [6.45, 7) is 11.6. The summed E-state index contributed by atoms with van der Waals surface area (Å²) >= 11 is 1.34. The highest BCUT2D eigenvalue weighted by molar-refractivity contribution is 7.18. The summed E-state index contributed by atoms with van der Waals surface area (Å²) in [5.41, 5.74) is 4.08. The molecule has 1 saturated heterocycles. The predicted molar refractivity (Wildman–Crippen MR) is 124 cm³/mol. The van der Waals surface area contributed by atoms with E-state index in [1.165, 1.54) is 17.0 Å². The zero-order chi connectivity index (χ0) is 21.3. The third-order valence-corrected chi connectivity index (χ3v) is 7.08. The number of aryl methyl sites for hydroxylation is 2. The van der Waals surface area contributed by atoms with E-state index in [1.54, 1.807) is 0 Å². The first-order valence-corrected chi connectivity index (χ1v) is 11.6. The van der Waals surface area contributed by atoms with E-state index in [2.05, 4.69) is 40.3 Å². The summed E-state index contributed by atoms with van der Waals surface area (Å²) in [7, 11) is 0. The molecule has 2 heterocycles. The Kier molecular flexibility index (Phi) is 6.11. The molecule has 0 bridgehead atoms. The quantitative estimate of drug-likeness (QED) is 0.730. The maximum Gasteiger partial charge on any atom is 0.266 e. The maximum atomic E-state index is 12.8. The van der Waals surface area contributed by atoms with Crippen molar-refractivity contribution < 1.29 is 9.59 Å². The zero-order valence-corrected chi connectivity index (χ0v) is 18.8. The Balaban J connectivity index is 1.40. The van der Waals surface area contributed by atoms with Crippen molar-refractivity contribution in [3.8, 4) is 0 Å². The minimum Gasteiger partial charge on any atom is -0.369 e. The van der Waals surface area contributed by atoms with Gasteiger partial charge < -0.3 is 20.4 Å². The first-order valence-electron chi connectivity index (χ1n) is 10.7. The van der Waals surface area contributed by atoms with Crippen LogP contribution in [-0.2, 0) is 4.79 Å². The molecule has 1 saturated carbocycles. The van der Waals surface area contributed by atoms with Crippen LogP contribution in [-0.4, -0.2) is 49.4 Å². The smallest absolute Gasteiger partial charge is 0.266 e. The SMILES string of the molecule is CCN1CCN(c2ccc(NC(=O)c3sc(NC(=O)C4CC4)cc3C)cc2C)CC1. The van der Waals surface area contributed by atoms with Gasteiger partial charge >= 0.3 is 0 Å². The van der Waals surface area contributed by atoms with Crippen LogP contribution in [0.15, 0.2) is 24.3 Å². The first-order chi connectivity index (χ1) is 14.4. The van der Waals surface area contributed by atoms with E-state index < -0.39 is 0 Å². The van der Waals surface area contributed by atoms with Gasteiger partial charge in [0.1, 0.15) is 0 Å². The number of rotatable bonds is 6. The van der Waals surface area contributed by atoms with Crippen LogP contribution >= 0.6 is 11.3 Å². The van der Waals surface area contributed by atoms with Crippen LogP contribution in [0.4, 0.5) is 16.4 Å². The Morgan fingerprint density at radius 1 is 1.03 bits per heavy atom. The molecule has 30 heavy (non-hydrogen) atoms. The topological polar surface area (TPSA) is 64.7 Å². The highest BCUT2D eigenvalue weighted by atomic mass is 32.1. The Labute approximate surface area is 182 Å². The fourth-order valence-electron chi connectivity index (χ4n) is 3.92. The van der Waals surface area contributed by atoms with Crippen molar-refractivity contribution in [1.29, 1.82) is 0 Å². The number of nitrogens with zero attached hydrogens (tertiary/aromatic N) is 2. The Hall–Kier alpha value is -2.38. The van der Waals surface area contributed by atoms with Crippen molar-refractivity contribution in [3.63, 3.8) is 0 Å². The lowest BCUT2D eigenvalue weighted by molar-refractivity contribution is -0.117. The first kappa shape index (κ1) is 20.9. The van der Waals surface area contributed by atoms with Gasteiger partial charge in [-0.2, -0.15) is 0 Å². The minimum atomic E-state index is -0.131. The molecule has 2 amide bonds. The molecule has 1 aliphatic heterocycles. The van der Waals surface area contributed by atoms with Crippen molar-refractivity contribution in [2.45, 2.75) is 33.6 Å². The largest absolute Gasteiger partial charge is 0.369 e. The summed E-state index contributed by atoms with van der Waals surface area (Å²) in [4.78, 5) is 30.3. The molecular weight excluding hydrogens is 396 g/mol. The number of carbonyl (C=O) groups excluding carboxylic acids is 2. The van der Waals surface area contributed by atoms with E-state index in [9.17, 15) is 9.59 Å². The lowest BCUT2D eigenvalue weighted by Crippen LogP contribution is -2.46. The van der Waals surface area contributed by atoms with Gasteiger partial charge in [0.25, 0.3) is 5.91 Å². The van der Waals surface area contributed by atoms with Crippen LogP contribution in [0, 0.1) is 19.8 Å². The van der Waals surface area contributed by atoms with E-state index in [4.69, 9.17) is 0 Å². The van der Waals surface area contributed by atoms with Gasteiger partial charge in [-0.25, -0.2) is 0 Å². The number of anilines is 3. The fraction of sp³-hybridized carbons (Fsp3) is 0.478.